The minimum absolute atomic E-state index is 0.106. The van der Waals surface area contributed by atoms with Gasteiger partial charge in [0.15, 0.2) is 0 Å². The van der Waals surface area contributed by atoms with Crippen LogP contribution in [0.1, 0.15) is 12.5 Å². The lowest BCUT2D eigenvalue weighted by Crippen LogP contribution is -2.46. The third-order valence-electron chi connectivity index (χ3n) is 3.09. The maximum Gasteiger partial charge on any atom is 0.399 e. The van der Waals surface area contributed by atoms with E-state index in [0.717, 1.165) is 6.92 Å². The lowest BCUT2D eigenvalue weighted by atomic mass is 9.72. The van der Waals surface area contributed by atoms with Crippen molar-refractivity contribution in [2.75, 3.05) is 6.54 Å². The van der Waals surface area contributed by atoms with Gasteiger partial charge in [0.25, 0.3) is 0 Å². The van der Waals surface area contributed by atoms with Crippen molar-refractivity contribution in [1.29, 1.82) is 0 Å². The standard InChI is InChI=1S/C12H12F3NO3/c1-11(8-17,9-5-3-2-4-6-9)10(7-16(18)19)12(13,14)15/h2-6,8,10H,7H2,1H3/t10-,11-/m1/s1. The molecular formula is C12H12F3NO3. The highest BCUT2D eigenvalue weighted by Crippen LogP contribution is 2.41. The fraction of sp³-hybridized carbons (Fsp3) is 0.417. The first-order chi connectivity index (χ1) is 8.71. The van der Waals surface area contributed by atoms with E-state index >= 15 is 0 Å². The molecule has 0 bridgehead atoms. The van der Waals surface area contributed by atoms with Crippen molar-refractivity contribution in [2.45, 2.75) is 18.5 Å². The molecule has 0 N–H and O–H groups in total. The molecule has 0 saturated carbocycles. The Morgan fingerprint density at radius 1 is 1.32 bits per heavy atom. The average molecular weight is 275 g/mol. The second-order valence-electron chi connectivity index (χ2n) is 4.38. The van der Waals surface area contributed by atoms with Crippen LogP contribution >= 0.6 is 0 Å². The van der Waals surface area contributed by atoms with Crippen molar-refractivity contribution in [3.8, 4) is 0 Å². The summed E-state index contributed by atoms with van der Waals surface area (Å²) < 4.78 is 39.0. The monoisotopic (exact) mass is 275 g/mol. The van der Waals surface area contributed by atoms with Gasteiger partial charge in [-0.05, 0) is 12.5 Å². The Morgan fingerprint density at radius 2 is 1.84 bits per heavy atom. The first-order valence-electron chi connectivity index (χ1n) is 5.42. The van der Waals surface area contributed by atoms with Gasteiger partial charge >= 0.3 is 6.18 Å². The number of carbonyl (C=O) groups is 1. The van der Waals surface area contributed by atoms with E-state index in [9.17, 15) is 28.1 Å². The Balaban J connectivity index is 3.30. The molecule has 0 aromatic heterocycles. The van der Waals surface area contributed by atoms with E-state index in [1.807, 2.05) is 0 Å². The van der Waals surface area contributed by atoms with Gasteiger partial charge < -0.3 is 4.79 Å². The summed E-state index contributed by atoms with van der Waals surface area (Å²) in [5.41, 5.74) is -1.87. The van der Waals surface area contributed by atoms with Crippen molar-refractivity contribution in [3.05, 3.63) is 46.0 Å². The van der Waals surface area contributed by atoms with Crippen LogP contribution in [-0.4, -0.2) is 23.9 Å². The molecule has 7 heteroatoms. The van der Waals surface area contributed by atoms with Crippen molar-refractivity contribution < 1.29 is 22.9 Å². The van der Waals surface area contributed by atoms with Gasteiger partial charge in [0.2, 0.25) is 6.54 Å². The lowest BCUT2D eigenvalue weighted by Gasteiger charge is -2.32. The molecule has 0 heterocycles. The molecule has 19 heavy (non-hydrogen) atoms. The fourth-order valence-corrected chi connectivity index (χ4v) is 1.93. The Bertz CT molecular complexity index is 461. The van der Waals surface area contributed by atoms with E-state index in [2.05, 4.69) is 0 Å². The molecule has 2 atom stereocenters. The Kier molecular flexibility index (Phi) is 4.28. The number of hydrogen-bond acceptors (Lipinski definition) is 3. The predicted molar refractivity (Wildman–Crippen MR) is 61.3 cm³/mol. The third-order valence-corrected chi connectivity index (χ3v) is 3.09. The van der Waals surface area contributed by atoms with Gasteiger partial charge in [0.05, 0.1) is 5.41 Å². The molecule has 0 aliphatic heterocycles. The van der Waals surface area contributed by atoms with Crippen LogP contribution in [0.5, 0.6) is 0 Å². The van der Waals surface area contributed by atoms with E-state index < -0.39 is 29.0 Å². The Labute approximate surface area is 107 Å². The van der Waals surface area contributed by atoms with Crippen molar-refractivity contribution in [1.82, 2.24) is 0 Å². The molecule has 0 aliphatic carbocycles. The SMILES string of the molecule is C[C@@](C=O)(c1ccccc1)[C@@H](C[N+](=O)[O-])C(F)(F)F. The van der Waals surface area contributed by atoms with E-state index in [4.69, 9.17) is 0 Å². The maximum atomic E-state index is 13.0. The van der Waals surface area contributed by atoms with Crippen LogP contribution < -0.4 is 0 Å². The summed E-state index contributed by atoms with van der Waals surface area (Å²) in [5, 5.41) is 10.4. The number of nitro groups is 1. The number of nitrogens with zero attached hydrogens (tertiary/aromatic N) is 1. The number of alkyl halides is 3. The van der Waals surface area contributed by atoms with Gasteiger partial charge in [-0.15, -0.1) is 0 Å². The summed E-state index contributed by atoms with van der Waals surface area (Å²) in [6.45, 7) is -0.273. The van der Waals surface area contributed by atoms with Crippen molar-refractivity contribution >= 4 is 6.29 Å². The molecule has 0 amide bonds. The molecule has 1 aromatic rings. The summed E-state index contributed by atoms with van der Waals surface area (Å²) in [6, 6.07) is 7.26. The summed E-state index contributed by atoms with van der Waals surface area (Å²) in [6.07, 6.45) is -4.71. The lowest BCUT2D eigenvalue weighted by molar-refractivity contribution is -0.499. The highest BCUT2D eigenvalue weighted by molar-refractivity contribution is 5.68. The van der Waals surface area contributed by atoms with Gasteiger partial charge in [-0.1, -0.05) is 30.3 Å². The van der Waals surface area contributed by atoms with Gasteiger partial charge in [-0.25, -0.2) is 0 Å². The van der Waals surface area contributed by atoms with Crippen LogP contribution in [0.3, 0.4) is 0 Å². The fourth-order valence-electron chi connectivity index (χ4n) is 1.93. The van der Waals surface area contributed by atoms with E-state index in [1.54, 1.807) is 6.07 Å². The molecule has 1 rings (SSSR count). The topological polar surface area (TPSA) is 60.2 Å². The number of aldehydes is 1. The number of carbonyl (C=O) groups excluding carboxylic acids is 1. The summed E-state index contributed by atoms with van der Waals surface area (Å²) in [7, 11) is 0. The van der Waals surface area contributed by atoms with E-state index in [1.165, 1.54) is 24.3 Å². The van der Waals surface area contributed by atoms with Crippen LogP contribution in [0, 0.1) is 16.0 Å². The minimum Gasteiger partial charge on any atom is -0.302 e. The Hall–Kier alpha value is -1.92. The quantitative estimate of drug-likeness (QED) is 0.471. The van der Waals surface area contributed by atoms with Crippen LogP contribution in [0.4, 0.5) is 13.2 Å². The maximum absolute atomic E-state index is 13.0. The zero-order chi connectivity index (χ0) is 14.7. The second kappa shape index (κ2) is 5.38. The van der Waals surface area contributed by atoms with Gasteiger partial charge in [-0.2, -0.15) is 13.2 Å². The van der Waals surface area contributed by atoms with Gasteiger partial charge in [0, 0.05) is 4.92 Å². The normalized spacial score (nSPS) is 16.4. The molecule has 0 fully saturated rings. The molecule has 0 spiro atoms. The molecule has 4 nitrogen and oxygen atoms in total. The van der Waals surface area contributed by atoms with Crippen LogP contribution in [0.2, 0.25) is 0 Å². The Morgan fingerprint density at radius 3 is 2.21 bits per heavy atom. The second-order valence-corrected chi connectivity index (χ2v) is 4.38. The van der Waals surface area contributed by atoms with Gasteiger partial charge in [0.1, 0.15) is 12.2 Å². The molecule has 104 valence electrons. The number of hydrogen-bond donors (Lipinski definition) is 0. The summed E-state index contributed by atoms with van der Waals surface area (Å²) >= 11 is 0. The minimum atomic E-state index is -4.83. The molecule has 0 radical (unpaired) electrons. The summed E-state index contributed by atoms with van der Waals surface area (Å²) in [4.78, 5) is 20.6. The number of halogens is 3. The highest BCUT2D eigenvalue weighted by atomic mass is 19.4. The van der Waals surface area contributed by atoms with Crippen LogP contribution in [0.15, 0.2) is 30.3 Å². The van der Waals surface area contributed by atoms with E-state index in [-0.39, 0.29) is 11.8 Å². The smallest absolute Gasteiger partial charge is 0.302 e. The number of benzene rings is 1. The first kappa shape index (κ1) is 15.1. The largest absolute Gasteiger partial charge is 0.399 e. The highest BCUT2D eigenvalue weighted by Gasteiger charge is 2.55. The number of rotatable bonds is 5. The van der Waals surface area contributed by atoms with E-state index in [0.29, 0.717) is 0 Å². The van der Waals surface area contributed by atoms with Crippen molar-refractivity contribution in [2.24, 2.45) is 5.92 Å². The van der Waals surface area contributed by atoms with Crippen molar-refractivity contribution in [3.63, 3.8) is 0 Å². The first-order valence-corrected chi connectivity index (χ1v) is 5.42. The third kappa shape index (κ3) is 3.30. The van der Waals surface area contributed by atoms with Crippen LogP contribution in [-0.2, 0) is 10.2 Å². The van der Waals surface area contributed by atoms with Gasteiger partial charge in [-0.3, -0.25) is 10.1 Å². The molecule has 0 saturated heterocycles. The summed E-state index contributed by atoms with van der Waals surface area (Å²) in [5.74, 6) is -2.37. The predicted octanol–water partition coefficient (Wildman–Crippen LogP) is 2.60. The van der Waals surface area contributed by atoms with Crippen LogP contribution in [0.25, 0.3) is 0 Å². The molecular weight excluding hydrogens is 263 g/mol. The molecule has 0 aliphatic rings. The molecule has 0 unspecified atom stereocenters. The average Bonchev–Trinajstić information content (AvgIpc) is 2.35. The molecule has 1 aromatic carbocycles. The zero-order valence-corrected chi connectivity index (χ0v) is 10.1. The zero-order valence-electron chi connectivity index (χ0n) is 10.1.